The predicted octanol–water partition coefficient (Wildman–Crippen LogP) is 0.989. The normalized spacial score (nSPS) is 19.0. The number of amides is 1. The van der Waals surface area contributed by atoms with Crippen LogP contribution in [-0.2, 0) is 29.3 Å². The van der Waals surface area contributed by atoms with Crippen LogP contribution in [-0.4, -0.2) is 48.5 Å². The first-order chi connectivity index (χ1) is 14.4. The molecule has 0 radical (unpaired) electrons. The van der Waals surface area contributed by atoms with Crippen LogP contribution in [0.1, 0.15) is 17.7 Å². The van der Waals surface area contributed by atoms with E-state index in [0.29, 0.717) is 11.1 Å². The molecule has 9 nitrogen and oxygen atoms in total. The molecule has 152 valence electrons. The molecule has 1 atom stereocenters. The lowest BCUT2D eigenvalue weighted by Crippen LogP contribution is -2.42. The Labute approximate surface area is 171 Å². The van der Waals surface area contributed by atoms with Gasteiger partial charge >= 0.3 is 11.9 Å². The van der Waals surface area contributed by atoms with Gasteiger partial charge in [0.1, 0.15) is 5.69 Å². The summed E-state index contributed by atoms with van der Waals surface area (Å²) in [5.74, 6) is 0.681. The highest BCUT2D eigenvalue weighted by Gasteiger charge is 2.64. The maximum atomic E-state index is 13.9. The quantitative estimate of drug-likeness (QED) is 0.588. The molecule has 2 aromatic rings. The number of carbonyl (C=O) groups is 3. The van der Waals surface area contributed by atoms with Crippen LogP contribution in [0.4, 0.5) is 6.01 Å². The van der Waals surface area contributed by atoms with E-state index in [1.54, 1.807) is 24.3 Å². The molecule has 0 saturated carbocycles. The summed E-state index contributed by atoms with van der Waals surface area (Å²) in [6.07, 6.45) is 5.12. The summed E-state index contributed by atoms with van der Waals surface area (Å²) in [5.41, 5.74) is 5.32. The monoisotopic (exact) mass is 407 g/mol. The van der Waals surface area contributed by atoms with Crippen LogP contribution in [0.15, 0.2) is 40.0 Å². The standard InChI is InChI=1S/C21H17N3O6/c1-4-9-24-13(10-14(25)28-2)15(18(26)29-3)21(19(24)27)12-8-6-5-7-11(12)16-17(21)23-20(22)30-16/h1,5-8H,9-10H2,2-3H3,(H2,22,23). The molecule has 0 saturated heterocycles. The third-order valence-electron chi connectivity index (χ3n) is 5.31. The Kier molecular flexibility index (Phi) is 4.35. The van der Waals surface area contributed by atoms with Gasteiger partial charge in [0.15, 0.2) is 11.2 Å². The number of hydrogen-bond acceptors (Lipinski definition) is 8. The van der Waals surface area contributed by atoms with Gasteiger partial charge in [0.2, 0.25) is 5.91 Å². The Bertz CT molecular complexity index is 1170. The van der Waals surface area contributed by atoms with Crippen molar-refractivity contribution in [1.82, 2.24) is 9.88 Å². The van der Waals surface area contributed by atoms with Gasteiger partial charge in [-0.05, 0) is 5.56 Å². The number of nitrogens with zero attached hydrogens (tertiary/aromatic N) is 2. The summed E-state index contributed by atoms with van der Waals surface area (Å²) >= 11 is 0. The van der Waals surface area contributed by atoms with Gasteiger partial charge in [-0.15, -0.1) is 6.42 Å². The third kappa shape index (κ3) is 2.30. The number of carbonyl (C=O) groups excluding carboxylic acids is 3. The van der Waals surface area contributed by atoms with Crippen molar-refractivity contribution < 1.29 is 28.3 Å². The summed E-state index contributed by atoms with van der Waals surface area (Å²) in [6.45, 7) is -0.168. The summed E-state index contributed by atoms with van der Waals surface area (Å²) in [4.78, 5) is 44.5. The first kappa shape index (κ1) is 19.3. The zero-order valence-electron chi connectivity index (χ0n) is 16.2. The minimum Gasteiger partial charge on any atom is -0.469 e. The number of aromatic nitrogens is 1. The zero-order valence-corrected chi connectivity index (χ0v) is 16.2. The molecule has 1 amide bonds. The molecule has 1 spiro atoms. The van der Waals surface area contributed by atoms with Crippen molar-refractivity contribution in [2.24, 2.45) is 0 Å². The van der Waals surface area contributed by atoms with Crippen molar-refractivity contribution in [3.8, 4) is 23.7 Å². The Balaban J connectivity index is 2.12. The average molecular weight is 407 g/mol. The maximum Gasteiger partial charge on any atom is 0.337 e. The second kappa shape index (κ2) is 6.77. The van der Waals surface area contributed by atoms with Crippen LogP contribution < -0.4 is 5.73 Å². The van der Waals surface area contributed by atoms with Gasteiger partial charge in [-0.25, -0.2) is 4.79 Å². The molecule has 1 aliphatic carbocycles. The maximum absolute atomic E-state index is 13.9. The Morgan fingerprint density at radius 3 is 2.70 bits per heavy atom. The third-order valence-corrected chi connectivity index (χ3v) is 5.31. The lowest BCUT2D eigenvalue weighted by molar-refractivity contribution is -0.140. The molecule has 1 aliphatic heterocycles. The van der Waals surface area contributed by atoms with E-state index in [1.807, 2.05) is 0 Å². The molecule has 0 bridgehead atoms. The number of nitrogens with two attached hydrogens (primary N) is 1. The van der Waals surface area contributed by atoms with Crippen molar-refractivity contribution in [2.75, 3.05) is 26.5 Å². The number of nitrogen functional groups attached to an aromatic ring is 1. The number of anilines is 1. The van der Waals surface area contributed by atoms with E-state index in [4.69, 9.17) is 26.0 Å². The van der Waals surface area contributed by atoms with Crippen LogP contribution in [0.3, 0.4) is 0 Å². The molecule has 0 fully saturated rings. The minimum absolute atomic E-state index is 0.0600. The van der Waals surface area contributed by atoms with Crippen molar-refractivity contribution >= 4 is 23.9 Å². The molecular formula is C21H17N3O6. The number of oxazole rings is 1. The van der Waals surface area contributed by atoms with Gasteiger partial charge in [-0.2, -0.15) is 4.98 Å². The van der Waals surface area contributed by atoms with Crippen molar-refractivity contribution in [2.45, 2.75) is 11.8 Å². The molecular weight excluding hydrogens is 390 g/mol. The van der Waals surface area contributed by atoms with E-state index in [1.165, 1.54) is 19.1 Å². The molecule has 2 heterocycles. The number of ether oxygens (including phenoxy) is 2. The number of rotatable bonds is 4. The fraction of sp³-hybridized carbons (Fsp3) is 0.238. The first-order valence-electron chi connectivity index (χ1n) is 8.92. The van der Waals surface area contributed by atoms with Crippen molar-refractivity contribution in [3.05, 3.63) is 46.8 Å². The molecule has 2 N–H and O–H groups in total. The van der Waals surface area contributed by atoms with Gasteiger partial charge in [0, 0.05) is 11.3 Å². The van der Waals surface area contributed by atoms with Crippen LogP contribution >= 0.6 is 0 Å². The molecule has 2 aliphatic rings. The summed E-state index contributed by atoms with van der Waals surface area (Å²) in [5, 5.41) is 0. The summed E-state index contributed by atoms with van der Waals surface area (Å²) in [7, 11) is 2.39. The van der Waals surface area contributed by atoms with E-state index < -0.39 is 23.3 Å². The highest BCUT2D eigenvalue weighted by atomic mass is 16.5. The fourth-order valence-corrected chi connectivity index (χ4v) is 4.19. The van der Waals surface area contributed by atoms with Crippen molar-refractivity contribution in [3.63, 3.8) is 0 Å². The van der Waals surface area contributed by atoms with Gasteiger partial charge in [0.05, 0.1) is 32.8 Å². The number of hydrogen-bond donors (Lipinski definition) is 1. The van der Waals surface area contributed by atoms with Crippen molar-refractivity contribution in [1.29, 1.82) is 0 Å². The minimum atomic E-state index is -1.69. The highest BCUT2D eigenvalue weighted by molar-refractivity contribution is 6.14. The number of fused-ring (bicyclic) bond motifs is 5. The molecule has 4 rings (SSSR count). The van der Waals surface area contributed by atoms with Gasteiger partial charge < -0.3 is 24.5 Å². The van der Waals surface area contributed by atoms with Gasteiger partial charge in [0.25, 0.3) is 6.01 Å². The summed E-state index contributed by atoms with van der Waals surface area (Å²) in [6, 6.07) is 6.76. The van der Waals surface area contributed by atoms with E-state index in [0.717, 1.165) is 0 Å². The second-order valence-electron chi connectivity index (χ2n) is 6.69. The van der Waals surface area contributed by atoms with E-state index >= 15 is 0 Å². The van der Waals surface area contributed by atoms with Gasteiger partial charge in [-0.1, -0.05) is 30.2 Å². The Hall–Kier alpha value is -4.06. The largest absolute Gasteiger partial charge is 0.469 e. The van der Waals surface area contributed by atoms with Crippen LogP contribution in [0.25, 0.3) is 11.3 Å². The van der Waals surface area contributed by atoms with E-state index in [-0.39, 0.29) is 41.7 Å². The SMILES string of the molecule is C#CCN1C(=O)C2(C(C(=O)OC)=C1CC(=O)OC)c1ccccc1-c1oc(N)nc12. The predicted molar refractivity (Wildman–Crippen MR) is 103 cm³/mol. The molecule has 1 aromatic carbocycles. The zero-order chi connectivity index (χ0) is 21.6. The first-order valence-corrected chi connectivity index (χ1v) is 8.92. The van der Waals surface area contributed by atoms with Crippen LogP contribution in [0.2, 0.25) is 0 Å². The van der Waals surface area contributed by atoms with Crippen LogP contribution in [0.5, 0.6) is 0 Å². The topological polar surface area (TPSA) is 125 Å². The number of esters is 2. The van der Waals surface area contributed by atoms with E-state index in [9.17, 15) is 14.4 Å². The number of benzene rings is 1. The number of terminal acetylenes is 1. The van der Waals surface area contributed by atoms with E-state index in [2.05, 4.69) is 10.9 Å². The average Bonchev–Trinajstić information content (AvgIpc) is 3.33. The Morgan fingerprint density at radius 1 is 1.30 bits per heavy atom. The summed E-state index contributed by atoms with van der Waals surface area (Å²) < 4.78 is 15.3. The van der Waals surface area contributed by atoms with Crippen LogP contribution in [0, 0.1) is 12.3 Å². The lowest BCUT2D eigenvalue weighted by atomic mass is 9.74. The Morgan fingerprint density at radius 2 is 2.03 bits per heavy atom. The molecule has 1 unspecified atom stereocenters. The molecule has 30 heavy (non-hydrogen) atoms. The van der Waals surface area contributed by atoms with Gasteiger partial charge in [-0.3, -0.25) is 9.59 Å². The second-order valence-corrected chi connectivity index (χ2v) is 6.69. The molecule has 9 heteroatoms. The smallest absolute Gasteiger partial charge is 0.337 e. The number of methoxy groups -OCH3 is 2. The molecule has 1 aromatic heterocycles. The fourth-order valence-electron chi connectivity index (χ4n) is 4.19. The highest BCUT2D eigenvalue weighted by Crippen LogP contribution is 2.58. The lowest BCUT2D eigenvalue weighted by Gasteiger charge is -2.25.